The minimum absolute atomic E-state index is 0.0209. The van der Waals surface area contributed by atoms with Gasteiger partial charge in [-0.05, 0) is 24.1 Å². The Kier molecular flexibility index (Phi) is 3.05. The molecule has 2 unspecified atom stereocenters. The zero-order valence-corrected chi connectivity index (χ0v) is 15.1. The maximum Gasteiger partial charge on any atom is 0.245 e. The predicted octanol–water partition coefficient (Wildman–Crippen LogP) is 1.72. The summed E-state index contributed by atoms with van der Waals surface area (Å²) >= 11 is 0. The number of amides is 2. The van der Waals surface area contributed by atoms with Crippen LogP contribution in [0.2, 0.25) is 0 Å². The number of carbonyl (C=O) groups is 2. The average Bonchev–Trinajstić information content (AvgIpc) is 3.45. The van der Waals surface area contributed by atoms with E-state index in [1.54, 1.807) is 4.90 Å². The van der Waals surface area contributed by atoms with Gasteiger partial charge in [0.2, 0.25) is 18.6 Å². The summed E-state index contributed by atoms with van der Waals surface area (Å²) < 4.78 is 17.0. The second kappa shape index (κ2) is 5.41. The van der Waals surface area contributed by atoms with Gasteiger partial charge in [-0.3, -0.25) is 9.59 Å². The highest BCUT2D eigenvalue weighted by Gasteiger charge is 2.57. The van der Waals surface area contributed by atoms with Crippen molar-refractivity contribution in [2.24, 2.45) is 0 Å². The van der Waals surface area contributed by atoms with E-state index >= 15 is 0 Å². The van der Waals surface area contributed by atoms with Crippen molar-refractivity contribution < 1.29 is 23.8 Å². The van der Waals surface area contributed by atoms with Gasteiger partial charge >= 0.3 is 0 Å². The summed E-state index contributed by atoms with van der Waals surface area (Å²) in [7, 11) is 0. The molecule has 1 fully saturated rings. The van der Waals surface area contributed by atoms with Crippen molar-refractivity contribution in [1.82, 2.24) is 5.32 Å². The number of nitrogens with zero attached hydrogens (tertiary/aromatic N) is 1. The second-order valence-electron chi connectivity index (χ2n) is 7.63. The van der Waals surface area contributed by atoms with E-state index in [4.69, 9.17) is 14.2 Å². The Labute approximate surface area is 161 Å². The summed E-state index contributed by atoms with van der Waals surface area (Å²) in [6.07, 6.45) is 1.25. The molecule has 4 aliphatic heterocycles. The van der Waals surface area contributed by atoms with Crippen molar-refractivity contribution in [2.75, 3.05) is 24.8 Å². The fourth-order valence-electron chi connectivity index (χ4n) is 4.78. The van der Waals surface area contributed by atoms with E-state index in [1.165, 1.54) is 0 Å². The molecule has 1 spiro atoms. The van der Waals surface area contributed by atoms with Crippen LogP contribution in [0.15, 0.2) is 36.4 Å². The Morgan fingerprint density at radius 2 is 1.86 bits per heavy atom. The molecule has 7 nitrogen and oxygen atoms in total. The first kappa shape index (κ1) is 15.8. The normalized spacial score (nSPS) is 26.4. The molecule has 6 rings (SSSR count). The number of para-hydroxylation sites is 1. The van der Waals surface area contributed by atoms with Crippen LogP contribution in [0.1, 0.15) is 24.0 Å². The van der Waals surface area contributed by atoms with Gasteiger partial charge in [0.1, 0.15) is 17.8 Å². The first-order valence-corrected chi connectivity index (χ1v) is 9.44. The van der Waals surface area contributed by atoms with Crippen LogP contribution in [0.25, 0.3) is 0 Å². The van der Waals surface area contributed by atoms with Crippen LogP contribution in [0.3, 0.4) is 0 Å². The molecular formula is C21H18N2O5. The van der Waals surface area contributed by atoms with Crippen molar-refractivity contribution in [2.45, 2.75) is 24.3 Å². The number of benzene rings is 2. The van der Waals surface area contributed by atoms with Crippen LogP contribution in [0, 0.1) is 0 Å². The third-order valence-electron chi connectivity index (χ3n) is 6.13. The van der Waals surface area contributed by atoms with Gasteiger partial charge in [0.15, 0.2) is 11.5 Å². The van der Waals surface area contributed by atoms with Crippen molar-refractivity contribution in [3.8, 4) is 17.2 Å². The molecule has 0 saturated carbocycles. The quantitative estimate of drug-likeness (QED) is 0.861. The summed E-state index contributed by atoms with van der Waals surface area (Å²) in [6.45, 7) is 0.876. The number of nitrogens with one attached hydrogen (secondary N) is 1. The van der Waals surface area contributed by atoms with Crippen LogP contribution < -0.4 is 24.4 Å². The van der Waals surface area contributed by atoms with E-state index in [0.717, 1.165) is 23.2 Å². The highest BCUT2D eigenvalue weighted by molar-refractivity contribution is 6.11. The summed E-state index contributed by atoms with van der Waals surface area (Å²) in [4.78, 5) is 27.2. The van der Waals surface area contributed by atoms with Crippen LogP contribution in [-0.2, 0) is 15.0 Å². The molecule has 1 N–H and O–H groups in total. The van der Waals surface area contributed by atoms with Gasteiger partial charge < -0.3 is 24.4 Å². The monoisotopic (exact) mass is 378 g/mol. The van der Waals surface area contributed by atoms with E-state index < -0.39 is 5.41 Å². The van der Waals surface area contributed by atoms with E-state index in [-0.39, 0.29) is 31.3 Å². The van der Waals surface area contributed by atoms with Crippen LogP contribution >= 0.6 is 0 Å². The molecule has 2 atom stereocenters. The maximum absolute atomic E-state index is 13.8. The number of ether oxygens (including phenoxy) is 3. The zero-order chi connectivity index (χ0) is 18.9. The van der Waals surface area contributed by atoms with Crippen molar-refractivity contribution in [3.63, 3.8) is 0 Å². The summed E-state index contributed by atoms with van der Waals surface area (Å²) in [5.41, 5.74) is 1.73. The average molecular weight is 378 g/mol. The highest BCUT2D eigenvalue weighted by atomic mass is 16.7. The molecule has 7 heteroatoms. The minimum Gasteiger partial charge on any atom is -0.491 e. The summed E-state index contributed by atoms with van der Waals surface area (Å²) in [5, 5.41) is 2.96. The molecule has 142 valence electrons. The van der Waals surface area contributed by atoms with E-state index in [1.807, 2.05) is 36.4 Å². The largest absolute Gasteiger partial charge is 0.491 e. The lowest BCUT2D eigenvalue weighted by Crippen LogP contribution is -2.46. The molecule has 2 aromatic rings. The number of carbonyl (C=O) groups excluding carboxylic acids is 2. The molecular weight excluding hydrogens is 360 g/mol. The van der Waals surface area contributed by atoms with Gasteiger partial charge in [0, 0.05) is 36.3 Å². The molecule has 2 amide bonds. The van der Waals surface area contributed by atoms with Gasteiger partial charge in [-0.2, -0.15) is 0 Å². The van der Waals surface area contributed by atoms with Crippen LogP contribution in [-0.4, -0.2) is 37.8 Å². The Morgan fingerprint density at radius 1 is 1.04 bits per heavy atom. The number of anilines is 1. The van der Waals surface area contributed by atoms with E-state index in [9.17, 15) is 9.59 Å². The number of hydrogen-bond donors (Lipinski definition) is 1. The SMILES string of the molecule is O=C1CCC(CN2C(=O)C3(COc4cc5c(cc43)OCO5)c3ccccc32)N1. The number of rotatable bonds is 2. The summed E-state index contributed by atoms with van der Waals surface area (Å²) in [5.74, 6) is 1.95. The van der Waals surface area contributed by atoms with Crippen LogP contribution in [0.4, 0.5) is 5.69 Å². The highest BCUT2D eigenvalue weighted by Crippen LogP contribution is 2.55. The van der Waals surface area contributed by atoms with E-state index in [0.29, 0.717) is 30.2 Å². The van der Waals surface area contributed by atoms with Gasteiger partial charge in [0.05, 0.1) is 0 Å². The predicted molar refractivity (Wildman–Crippen MR) is 98.8 cm³/mol. The minimum atomic E-state index is -0.893. The van der Waals surface area contributed by atoms with Crippen molar-refractivity contribution in [3.05, 3.63) is 47.5 Å². The van der Waals surface area contributed by atoms with Crippen molar-refractivity contribution in [1.29, 1.82) is 0 Å². The standard InChI is InChI=1S/C21H18N2O5/c24-19-6-5-12(22-19)9-23-15-4-2-1-3-13(15)21(20(23)25)10-26-16-8-18-17(7-14(16)21)27-11-28-18/h1-4,7-8,12H,5-6,9-11H2,(H,22,24). The molecule has 0 radical (unpaired) electrons. The lowest BCUT2D eigenvalue weighted by atomic mass is 9.77. The second-order valence-corrected chi connectivity index (χ2v) is 7.63. The fraction of sp³-hybridized carbons (Fsp3) is 0.333. The molecule has 1 saturated heterocycles. The topological polar surface area (TPSA) is 77.1 Å². The third kappa shape index (κ3) is 1.93. The van der Waals surface area contributed by atoms with Crippen molar-refractivity contribution >= 4 is 17.5 Å². The van der Waals surface area contributed by atoms with E-state index in [2.05, 4.69) is 5.32 Å². The lowest BCUT2D eigenvalue weighted by Gasteiger charge is -2.25. The van der Waals surface area contributed by atoms with Gasteiger partial charge in [-0.15, -0.1) is 0 Å². The third-order valence-corrected chi connectivity index (χ3v) is 6.13. The molecule has 4 heterocycles. The molecule has 0 aliphatic carbocycles. The first-order chi connectivity index (χ1) is 13.7. The van der Waals surface area contributed by atoms with Crippen LogP contribution in [0.5, 0.6) is 17.2 Å². The number of hydrogen-bond acceptors (Lipinski definition) is 5. The molecule has 4 aliphatic rings. The summed E-state index contributed by atoms with van der Waals surface area (Å²) in [6, 6.07) is 11.5. The van der Waals surface area contributed by atoms with Gasteiger partial charge in [-0.1, -0.05) is 18.2 Å². The molecule has 0 bridgehead atoms. The Bertz CT molecular complexity index is 1040. The Hall–Kier alpha value is -3.22. The Balaban J connectivity index is 1.47. The fourth-order valence-corrected chi connectivity index (χ4v) is 4.78. The Morgan fingerprint density at radius 3 is 2.68 bits per heavy atom. The smallest absolute Gasteiger partial charge is 0.245 e. The number of fused-ring (bicyclic) bond motifs is 5. The first-order valence-electron chi connectivity index (χ1n) is 9.44. The zero-order valence-electron chi connectivity index (χ0n) is 15.1. The van der Waals surface area contributed by atoms with Gasteiger partial charge in [-0.25, -0.2) is 0 Å². The lowest BCUT2D eigenvalue weighted by molar-refractivity contribution is -0.122. The van der Waals surface area contributed by atoms with Gasteiger partial charge in [0.25, 0.3) is 0 Å². The molecule has 2 aromatic carbocycles. The maximum atomic E-state index is 13.8. The molecule has 28 heavy (non-hydrogen) atoms. The molecule has 0 aromatic heterocycles.